The number of rotatable bonds is 19. The van der Waals surface area contributed by atoms with Crippen LogP contribution in [0.3, 0.4) is 0 Å². The van der Waals surface area contributed by atoms with E-state index in [4.69, 9.17) is 14.0 Å². The number of nitrogens with zero attached hydrogens (tertiary/aromatic N) is 1. The Morgan fingerprint density at radius 2 is 1.76 bits per heavy atom. The number of furan rings is 1. The van der Waals surface area contributed by atoms with Crippen LogP contribution in [0.4, 0.5) is 4.39 Å². The molecule has 2 atom stereocenters. The number of unbranched alkanes of at least 4 members (excludes halogenated alkanes) is 2. The molecule has 0 aliphatic carbocycles. The number of carbonyl (C=O) groups is 4. The Morgan fingerprint density at radius 1 is 1.02 bits per heavy atom. The van der Waals surface area contributed by atoms with Crippen LogP contribution in [0.25, 0.3) is 11.3 Å². The molecule has 3 amide bonds. The molecule has 0 radical (unpaired) electrons. The summed E-state index contributed by atoms with van der Waals surface area (Å²) in [6, 6.07) is 9.66. The summed E-state index contributed by atoms with van der Waals surface area (Å²) in [6.07, 6.45) is 3.30. The predicted molar refractivity (Wildman–Crippen MR) is 183 cm³/mol. The van der Waals surface area contributed by atoms with Gasteiger partial charge in [-0.15, -0.1) is 0 Å². The molecule has 50 heavy (non-hydrogen) atoms. The molecular formula is C35H45FN3O10P. The van der Waals surface area contributed by atoms with Crippen molar-refractivity contribution in [2.45, 2.75) is 78.7 Å². The number of nitrogens with one attached hydrogen (secondary N) is 2. The van der Waals surface area contributed by atoms with Crippen LogP contribution in [0.2, 0.25) is 0 Å². The summed E-state index contributed by atoms with van der Waals surface area (Å²) in [5.41, 5.74) is 0.793. The van der Waals surface area contributed by atoms with E-state index < -0.39 is 43.2 Å². The van der Waals surface area contributed by atoms with Gasteiger partial charge < -0.3 is 34.4 Å². The summed E-state index contributed by atoms with van der Waals surface area (Å²) in [6.45, 7) is 9.01. The Kier molecular flexibility index (Phi) is 14.7. The number of hydroxylamine groups is 2. The molecule has 2 aromatic carbocycles. The molecule has 3 aromatic rings. The maximum atomic E-state index is 13.9. The van der Waals surface area contributed by atoms with E-state index in [1.807, 2.05) is 6.92 Å². The fraction of sp³-hybridized carbons (Fsp3) is 0.429. The van der Waals surface area contributed by atoms with Crippen molar-refractivity contribution in [1.29, 1.82) is 0 Å². The van der Waals surface area contributed by atoms with Crippen molar-refractivity contribution < 1.29 is 51.9 Å². The van der Waals surface area contributed by atoms with Gasteiger partial charge in [0, 0.05) is 5.56 Å². The Bertz CT molecular complexity index is 1690. The number of benzene rings is 2. The minimum absolute atomic E-state index is 0.100. The second kappa shape index (κ2) is 18.5. The van der Waals surface area contributed by atoms with E-state index in [0.717, 1.165) is 24.0 Å². The Balaban J connectivity index is 1.73. The van der Waals surface area contributed by atoms with Crippen LogP contribution in [-0.2, 0) is 19.0 Å². The van der Waals surface area contributed by atoms with Gasteiger partial charge in [0.25, 0.3) is 5.91 Å². The van der Waals surface area contributed by atoms with E-state index in [2.05, 4.69) is 10.6 Å². The van der Waals surface area contributed by atoms with E-state index in [-0.39, 0.29) is 59.3 Å². The van der Waals surface area contributed by atoms with Crippen molar-refractivity contribution in [3.8, 4) is 17.1 Å². The second-order valence-corrected chi connectivity index (χ2v) is 13.5. The van der Waals surface area contributed by atoms with E-state index in [9.17, 15) is 37.9 Å². The van der Waals surface area contributed by atoms with Crippen molar-refractivity contribution in [2.24, 2.45) is 5.92 Å². The monoisotopic (exact) mass is 717 g/mol. The van der Waals surface area contributed by atoms with Crippen molar-refractivity contribution in [3.05, 3.63) is 71.2 Å². The highest BCUT2D eigenvalue weighted by atomic mass is 31.2. The molecule has 272 valence electrons. The van der Waals surface area contributed by atoms with Gasteiger partial charge in [-0.3, -0.25) is 18.9 Å². The van der Waals surface area contributed by atoms with Gasteiger partial charge in [-0.05, 0) is 79.8 Å². The molecule has 3 rings (SSSR count). The summed E-state index contributed by atoms with van der Waals surface area (Å²) < 4.78 is 36.9. The highest BCUT2D eigenvalue weighted by Crippen LogP contribution is 2.37. The first-order chi connectivity index (χ1) is 23.7. The molecule has 1 heterocycles. The van der Waals surface area contributed by atoms with Crippen LogP contribution < -0.4 is 20.7 Å². The summed E-state index contributed by atoms with van der Waals surface area (Å²) in [5, 5.41) is 5.76. The lowest BCUT2D eigenvalue weighted by atomic mass is 9.90. The molecule has 2 unspecified atom stereocenters. The average molecular weight is 718 g/mol. The molecule has 4 N–H and O–H groups in total. The maximum absolute atomic E-state index is 13.9. The zero-order valence-corrected chi connectivity index (χ0v) is 29.7. The summed E-state index contributed by atoms with van der Waals surface area (Å²) in [5.74, 6) is -3.31. The van der Waals surface area contributed by atoms with Gasteiger partial charge in [-0.25, -0.2) is 9.18 Å². The van der Waals surface area contributed by atoms with Crippen LogP contribution in [0, 0.1) is 11.7 Å². The normalized spacial score (nSPS) is 12.6. The fourth-order valence-corrected chi connectivity index (χ4v) is 6.06. The van der Waals surface area contributed by atoms with Gasteiger partial charge in [0.05, 0.1) is 36.1 Å². The van der Waals surface area contributed by atoms with Crippen molar-refractivity contribution in [1.82, 2.24) is 15.7 Å². The predicted octanol–water partition coefficient (Wildman–Crippen LogP) is 5.42. The Morgan fingerprint density at radius 3 is 2.38 bits per heavy atom. The number of ether oxygens (including phenoxy) is 1. The first-order valence-corrected chi connectivity index (χ1v) is 18.1. The number of carbonyl (C=O) groups excluding carboxylic acids is 4. The molecule has 0 saturated carbocycles. The summed E-state index contributed by atoms with van der Waals surface area (Å²) in [4.78, 5) is 76.6. The van der Waals surface area contributed by atoms with Crippen molar-refractivity contribution >= 4 is 37.1 Å². The van der Waals surface area contributed by atoms with E-state index in [1.54, 1.807) is 27.7 Å². The van der Waals surface area contributed by atoms with Crippen LogP contribution in [0.15, 0.2) is 52.9 Å². The largest absolute Gasteiger partial charge is 0.494 e. The maximum Gasteiger partial charge on any atom is 0.363 e. The third kappa shape index (κ3) is 10.7. The van der Waals surface area contributed by atoms with Gasteiger partial charge in [-0.1, -0.05) is 47.0 Å². The molecule has 15 heteroatoms. The van der Waals surface area contributed by atoms with Gasteiger partial charge >= 0.3 is 13.6 Å². The average Bonchev–Trinajstić information content (AvgIpc) is 3.57. The van der Waals surface area contributed by atoms with Crippen LogP contribution >= 0.6 is 7.60 Å². The minimum atomic E-state index is -4.62. The Labute approximate surface area is 290 Å². The molecule has 0 spiro atoms. The molecule has 0 saturated heterocycles. The van der Waals surface area contributed by atoms with E-state index in [0.29, 0.717) is 24.8 Å². The number of hydrogen-bond acceptors (Lipinski definition) is 8. The van der Waals surface area contributed by atoms with Gasteiger partial charge in [0.2, 0.25) is 12.3 Å². The molecule has 1 aromatic heterocycles. The van der Waals surface area contributed by atoms with Gasteiger partial charge in [0.15, 0.2) is 5.76 Å². The molecule has 13 nitrogen and oxygen atoms in total. The zero-order valence-electron chi connectivity index (χ0n) is 28.8. The van der Waals surface area contributed by atoms with Crippen molar-refractivity contribution in [3.63, 3.8) is 0 Å². The highest BCUT2D eigenvalue weighted by molar-refractivity contribution is 7.60. The first-order valence-electron chi connectivity index (χ1n) is 16.5. The first kappa shape index (κ1) is 39.9. The second-order valence-electron chi connectivity index (χ2n) is 11.9. The van der Waals surface area contributed by atoms with Crippen LogP contribution in [-0.4, -0.2) is 58.4 Å². The Hall–Kier alpha value is -4.52. The van der Waals surface area contributed by atoms with Gasteiger partial charge in [0.1, 0.15) is 17.3 Å². The number of amides is 3. The third-order valence-electron chi connectivity index (χ3n) is 7.98. The molecular weight excluding hydrogens is 672 g/mol. The summed E-state index contributed by atoms with van der Waals surface area (Å²) in [7, 11) is -4.62. The molecule has 0 bridgehead atoms. The van der Waals surface area contributed by atoms with Crippen LogP contribution in [0.5, 0.6) is 5.75 Å². The van der Waals surface area contributed by atoms with E-state index in [1.165, 1.54) is 42.5 Å². The van der Waals surface area contributed by atoms with E-state index >= 15 is 0 Å². The topological polar surface area (TPSA) is 185 Å². The smallest absolute Gasteiger partial charge is 0.363 e. The lowest BCUT2D eigenvalue weighted by Gasteiger charge is -2.32. The van der Waals surface area contributed by atoms with Gasteiger partial charge in [-0.2, -0.15) is 5.06 Å². The third-order valence-corrected chi connectivity index (χ3v) is 8.91. The standard InChI is InChI=1S/C35H45FN3O10P/c1-6-9-10-11-28(30(7-2)39(21-40)49-35(43)27-13-12-24(36)18-29(27)22(4)5)33(41)37-20-38-34(42)32-15-14-31(48-32)23-16-25(47-8-3)19-26(17-23)50(44,45)46/h12-19,21-22,28,30H,6-11,20H2,1-5H3,(H,37,41)(H,38,42)(H2,44,45,46). The molecule has 0 aliphatic rings. The minimum Gasteiger partial charge on any atom is -0.494 e. The SMILES string of the molecule is CCCCCC(C(=O)NCNC(=O)c1ccc(-c2cc(OCC)cc(P(=O)(O)O)c2)o1)C(CC)N(C=O)OC(=O)c1ccc(F)cc1C(C)C. The molecule has 0 aliphatic heterocycles. The lowest BCUT2D eigenvalue weighted by Crippen LogP contribution is -2.49. The fourth-order valence-electron chi connectivity index (χ4n) is 5.45. The number of halogens is 1. The highest BCUT2D eigenvalue weighted by Gasteiger charge is 2.34. The number of hydrogen-bond donors (Lipinski definition) is 4. The molecule has 0 fully saturated rings. The van der Waals surface area contributed by atoms with Crippen LogP contribution in [0.1, 0.15) is 99.1 Å². The van der Waals surface area contributed by atoms with Crippen molar-refractivity contribution in [2.75, 3.05) is 13.3 Å². The quantitative estimate of drug-likeness (QED) is 0.0411. The zero-order chi connectivity index (χ0) is 37.0. The summed E-state index contributed by atoms with van der Waals surface area (Å²) >= 11 is 0. The lowest BCUT2D eigenvalue weighted by molar-refractivity contribution is -0.171.